The summed E-state index contributed by atoms with van der Waals surface area (Å²) in [5, 5.41) is 5.46. The highest BCUT2D eigenvalue weighted by Crippen LogP contribution is 2.44. The maximum Gasteiger partial charge on any atom is 0.0118 e. The van der Waals surface area contributed by atoms with Crippen LogP contribution in [0.15, 0.2) is 152 Å². The van der Waals surface area contributed by atoms with Crippen molar-refractivity contribution in [2.24, 2.45) is 0 Å². The maximum atomic E-state index is 2.57. The molecule has 6 aromatic rings. The smallest absolute Gasteiger partial charge is 0.0118 e. The highest BCUT2D eigenvalue weighted by atomic mass is 14.4. The average molecular weight is 715 g/mol. The van der Waals surface area contributed by atoms with Gasteiger partial charge in [-0.1, -0.05) is 195 Å². The van der Waals surface area contributed by atoms with Crippen molar-refractivity contribution in [2.75, 3.05) is 0 Å². The van der Waals surface area contributed by atoms with Crippen LogP contribution < -0.4 is 10.4 Å². The van der Waals surface area contributed by atoms with Crippen LogP contribution >= 0.6 is 0 Å². The molecule has 0 radical (unpaired) electrons. The lowest BCUT2D eigenvalue weighted by Crippen LogP contribution is -2.35. The summed E-state index contributed by atoms with van der Waals surface area (Å²) in [7, 11) is 0. The van der Waals surface area contributed by atoms with Gasteiger partial charge in [-0.05, 0) is 130 Å². The summed E-state index contributed by atoms with van der Waals surface area (Å²) in [4.78, 5) is 0. The Kier molecular flexibility index (Phi) is 9.29. The molecule has 0 unspecified atom stereocenters. The van der Waals surface area contributed by atoms with E-state index in [-0.39, 0.29) is 16.2 Å². The predicted molar refractivity (Wildman–Crippen MR) is 236 cm³/mol. The molecule has 0 aromatic heterocycles. The lowest BCUT2D eigenvalue weighted by molar-refractivity contribution is 0.582. The summed E-state index contributed by atoms with van der Waals surface area (Å²) in [5.41, 5.74) is 15.8. The van der Waals surface area contributed by atoms with Gasteiger partial charge in [-0.25, -0.2) is 0 Å². The van der Waals surface area contributed by atoms with Crippen LogP contribution in [0.1, 0.15) is 95.2 Å². The van der Waals surface area contributed by atoms with Gasteiger partial charge in [0.05, 0.1) is 0 Å². The van der Waals surface area contributed by atoms with E-state index in [0.717, 1.165) is 12.8 Å². The van der Waals surface area contributed by atoms with Crippen molar-refractivity contribution in [3.05, 3.63) is 206 Å². The molecule has 0 nitrogen and oxygen atoms in total. The molecule has 274 valence electrons. The Balaban J connectivity index is 1.71. The van der Waals surface area contributed by atoms with Crippen molar-refractivity contribution in [1.29, 1.82) is 0 Å². The van der Waals surface area contributed by atoms with E-state index in [4.69, 9.17) is 0 Å². The van der Waals surface area contributed by atoms with Gasteiger partial charge in [0.15, 0.2) is 0 Å². The molecule has 0 atom stereocenters. The van der Waals surface area contributed by atoms with Crippen LogP contribution in [0, 0.1) is 10.4 Å². The fraction of sp³-hybridized carbons (Fsp3) is 0.236. The van der Waals surface area contributed by atoms with Crippen LogP contribution in [-0.4, -0.2) is 0 Å². The van der Waals surface area contributed by atoms with Gasteiger partial charge in [0.2, 0.25) is 0 Å². The van der Waals surface area contributed by atoms with Gasteiger partial charge in [0.25, 0.3) is 0 Å². The number of allylic oxidation sites excluding steroid dienone is 4. The average Bonchev–Trinajstić information content (AvgIpc) is 3.85. The zero-order chi connectivity index (χ0) is 38.5. The van der Waals surface area contributed by atoms with Gasteiger partial charge in [0, 0.05) is 5.41 Å². The lowest BCUT2D eigenvalue weighted by Gasteiger charge is -2.34. The van der Waals surface area contributed by atoms with Crippen LogP contribution in [0.25, 0.3) is 39.5 Å². The minimum Gasteiger partial charge on any atom is -0.0801 e. The summed E-state index contributed by atoms with van der Waals surface area (Å²) in [5.74, 6) is 0. The van der Waals surface area contributed by atoms with Crippen molar-refractivity contribution in [2.45, 2.75) is 84.5 Å². The largest absolute Gasteiger partial charge is 0.0801 e. The topological polar surface area (TPSA) is 0 Å². The molecular formula is C55H54. The Morgan fingerprint density at radius 3 is 1.75 bits per heavy atom. The fourth-order valence-electron chi connectivity index (χ4n) is 9.14. The Bertz CT molecular complexity index is 2680. The van der Waals surface area contributed by atoms with Crippen molar-refractivity contribution < 1.29 is 0 Å². The summed E-state index contributed by atoms with van der Waals surface area (Å²) in [6.07, 6.45) is 11.2. The third-order valence-corrected chi connectivity index (χ3v) is 11.9. The number of hydrogen-bond donors (Lipinski definition) is 0. The number of benzene rings is 6. The Labute approximate surface area is 328 Å². The molecule has 0 heterocycles. The molecule has 0 spiro atoms. The SMILES string of the molecule is CC(C)(C)c1cc2c(cc1-c1ccccc1)=Cc1c(C3=CC=CC3)c(-c3ccccc3)c(C(C)(C)C)c(=C(Cc3ccccc3)C(C)(C)c3ccccc3)c1=2. The molecule has 6 aromatic carbocycles. The van der Waals surface area contributed by atoms with Crippen molar-refractivity contribution in [3.8, 4) is 22.3 Å². The number of hydrogen-bond acceptors (Lipinski definition) is 0. The molecule has 0 heteroatoms. The minimum absolute atomic E-state index is 0.0689. The summed E-state index contributed by atoms with van der Waals surface area (Å²) in [6, 6.07) is 49.6. The Morgan fingerprint density at radius 2 is 1.18 bits per heavy atom. The zero-order valence-electron chi connectivity index (χ0n) is 33.9. The maximum absolute atomic E-state index is 2.57. The Morgan fingerprint density at radius 1 is 0.600 bits per heavy atom. The van der Waals surface area contributed by atoms with E-state index in [0.29, 0.717) is 0 Å². The van der Waals surface area contributed by atoms with E-state index in [1.165, 1.54) is 87.7 Å². The molecule has 55 heavy (non-hydrogen) atoms. The fourth-order valence-corrected chi connectivity index (χ4v) is 9.14. The molecule has 0 amide bonds. The van der Waals surface area contributed by atoms with E-state index in [1.807, 2.05) is 0 Å². The second-order valence-electron chi connectivity index (χ2n) is 18.1. The first-order chi connectivity index (χ1) is 26.3. The molecule has 2 aliphatic rings. The second kappa shape index (κ2) is 14.0. The molecule has 0 saturated carbocycles. The van der Waals surface area contributed by atoms with Gasteiger partial charge >= 0.3 is 0 Å². The first kappa shape index (κ1) is 36.5. The first-order valence-electron chi connectivity index (χ1n) is 20.0. The summed E-state index contributed by atoms with van der Waals surface area (Å²) >= 11 is 0. The summed E-state index contributed by atoms with van der Waals surface area (Å²) < 4.78 is 0. The van der Waals surface area contributed by atoms with Gasteiger partial charge in [-0.3, -0.25) is 0 Å². The van der Waals surface area contributed by atoms with Crippen LogP contribution in [0.3, 0.4) is 0 Å². The van der Waals surface area contributed by atoms with Crippen molar-refractivity contribution in [1.82, 2.24) is 0 Å². The standard InChI is InChI=1S/C55H54/c1-53(2,3)46-36-44-41(34-43(46)38-25-15-10-16-26-38)35-45-48(39-29-21-22-30-39)49(40-27-17-11-18-28-40)52(54(4,5)6)51(50(44)45)47(33-37-23-13-9-14-24-37)55(7,8)42-31-19-12-20-32-42/h9-29,31-32,34-36H,30,33H2,1-8H3. The van der Waals surface area contributed by atoms with Gasteiger partial charge < -0.3 is 0 Å². The monoisotopic (exact) mass is 714 g/mol. The third-order valence-electron chi connectivity index (χ3n) is 11.9. The Hall–Kier alpha value is -5.46. The van der Waals surface area contributed by atoms with Gasteiger partial charge in [0.1, 0.15) is 0 Å². The van der Waals surface area contributed by atoms with Crippen LogP contribution in [0.4, 0.5) is 0 Å². The van der Waals surface area contributed by atoms with Crippen molar-refractivity contribution in [3.63, 3.8) is 0 Å². The zero-order valence-corrected chi connectivity index (χ0v) is 33.9. The van der Waals surface area contributed by atoms with E-state index < -0.39 is 0 Å². The molecule has 0 bridgehead atoms. The second-order valence-corrected chi connectivity index (χ2v) is 18.1. The van der Waals surface area contributed by atoms with Crippen LogP contribution in [-0.2, 0) is 22.7 Å². The van der Waals surface area contributed by atoms with Crippen molar-refractivity contribution >= 4 is 17.2 Å². The highest BCUT2D eigenvalue weighted by Gasteiger charge is 2.34. The molecule has 0 saturated heterocycles. The summed E-state index contributed by atoms with van der Waals surface area (Å²) in [6.45, 7) is 19.3. The lowest BCUT2D eigenvalue weighted by atomic mass is 9.69. The molecule has 8 rings (SSSR count). The normalized spacial score (nSPS) is 14.3. The highest BCUT2D eigenvalue weighted by molar-refractivity contribution is 5.92. The first-order valence-corrected chi connectivity index (χ1v) is 20.0. The molecule has 2 aliphatic carbocycles. The van der Waals surface area contributed by atoms with Gasteiger partial charge in [-0.2, -0.15) is 0 Å². The molecule has 0 aliphatic heterocycles. The van der Waals surface area contributed by atoms with Crippen LogP contribution in [0.5, 0.6) is 0 Å². The van der Waals surface area contributed by atoms with Gasteiger partial charge in [-0.15, -0.1) is 0 Å². The van der Waals surface area contributed by atoms with E-state index in [2.05, 4.69) is 213 Å². The quantitative estimate of drug-likeness (QED) is 0.154. The minimum atomic E-state index is -0.284. The third kappa shape index (κ3) is 6.67. The predicted octanol–water partition coefficient (Wildman–Crippen LogP) is 12.8. The molecule has 0 N–H and O–H groups in total. The molecule has 0 fully saturated rings. The number of fused-ring (bicyclic) bond motifs is 2. The molecular weight excluding hydrogens is 661 g/mol. The number of rotatable bonds is 7. The van der Waals surface area contributed by atoms with E-state index >= 15 is 0 Å². The van der Waals surface area contributed by atoms with Crippen LogP contribution in [0.2, 0.25) is 0 Å². The van der Waals surface area contributed by atoms with E-state index in [9.17, 15) is 0 Å². The van der Waals surface area contributed by atoms with E-state index in [1.54, 1.807) is 0 Å².